The van der Waals surface area contributed by atoms with Gasteiger partial charge in [0.2, 0.25) is 0 Å². The lowest BCUT2D eigenvalue weighted by atomic mass is 9.84. The smallest absolute Gasteiger partial charge is 0.254 e. The zero-order chi connectivity index (χ0) is 17.3. The molecule has 0 atom stereocenters. The number of nitrogens with one attached hydrogen (secondary N) is 2. The summed E-state index contributed by atoms with van der Waals surface area (Å²) in [5.74, 6) is -1.30. The van der Waals surface area contributed by atoms with Crippen LogP contribution in [0.1, 0.15) is 29.8 Å². The van der Waals surface area contributed by atoms with Crippen molar-refractivity contribution < 1.29 is 13.6 Å². The van der Waals surface area contributed by atoms with Crippen molar-refractivity contribution >= 4 is 16.8 Å². The minimum absolute atomic E-state index is 0.0225. The first-order valence-electron chi connectivity index (χ1n) is 7.68. The standard InChI is InChI=1S/C19H18F2N2O/c1-19(2,11-23-18(24)14-5-3-4-6-16(14)21)15-10-22-17-9-12(20)7-8-13(15)17/h3-10,22H,11H2,1-2H3,(H,23,24). The van der Waals surface area contributed by atoms with Crippen molar-refractivity contribution in [2.75, 3.05) is 6.54 Å². The average molecular weight is 328 g/mol. The van der Waals surface area contributed by atoms with Crippen LogP contribution >= 0.6 is 0 Å². The van der Waals surface area contributed by atoms with Crippen LogP contribution in [0.4, 0.5) is 8.78 Å². The van der Waals surface area contributed by atoms with E-state index in [0.29, 0.717) is 12.1 Å². The first kappa shape index (κ1) is 16.2. The first-order valence-corrected chi connectivity index (χ1v) is 7.68. The van der Waals surface area contributed by atoms with Gasteiger partial charge in [0.1, 0.15) is 11.6 Å². The van der Waals surface area contributed by atoms with E-state index in [1.165, 1.54) is 24.3 Å². The van der Waals surface area contributed by atoms with Crippen LogP contribution in [0, 0.1) is 11.6 Å². The lowest BCUT2D eigenvalue weighted by Gasteiger charge is -2.25. The largest absolute Gasteiger partial charge is 0.361 e. The molecule has 124 valence electrons. The molecule has 2 aromatic carbocycles. The van der Waals surface area contributed by atoms with Crippen molar-refractivity contribution in [1.29, 1.82) is 0 Å². The summed E-state index contributed by atoms with van der Waals surface area (Å²) < 4.78 is 27.0. The molecule has 1 aromatic heterocycles. The molecule has 3 aromatic rings. The maximum absolute atomic E-state index is 13.7. The minimum Gasteiger partial charge on any atom is -0.361 e. The number of H-pyrrole nitrogens is 1. The second kappa shape index (κ2) is 6.07. The van der Waals surface area contributed by atoms with Gasteiger partial charge in [-0.05, 0) is 35.9 Å². The predicted molar refractivity (Wildman–Crippen MR) is 90.0 cm³/mol. The van der Waals surface area contributed by atoms with Gasteiger partial charge in [0, 0.05) is 29.1 Å². The zero-order valence-electron chi connectivity index (χ0n) is 13.5. The van der Waals surface area contributed by atoms with Gasteiger partial charge in [-0.2, -0.15) is 0 Å². The quantitative estimate of drug-likeness (QED) is 0.742. The van der Waals surface area contributed by atoms with Gasteiger partial charge in [0.15, 0.2) is 0 Å². The Labute approximate surface area is 138 Å². The van der Waals surface area contributed by atoms with Crippen LogP contribution < -0.4 is 5.32 Å². The number of hydrogen-bond donors (Lipinski definition) is 2. The number of hydrogen-bond acceptors (Lipinski definition) is 1. The molecule has 2 N–H and O–H groups in total. The molecule has 0 saturated heterocycles. The van der Waals surface area contributed by atoms with E-state index < -0.39 is 17.1 Å². The third kappa shape index (κ3) is 3.02. The molecule has 3 rings (SSSR count). The highest BCUT2D eigenvalue weighted by atomic mass is 19.1. The maximum Gasteiger partial charge on any atom is 0.254 e. The molecule has 0 aliphatic carbocycles. The second-order valence-electron chi connectivity index (χ2n) is 6.44. The summed E-state index contributed by atoms with van der Waals surface area (Å²) in [5, 5.41) is 3.68. The molecule has 0 aliphatic heterocycles. The molecule has 0 bridgehead atoms. The van der Waals surface area contributed by atoms with Crippen LogP contribution in [0.2, 0.25) is 0 Å². The Hall–Kier alpha value is -2.69. The highest BCUT2D eigenvalue weighted by Gasteiger charge is 2.25. The lowest BCUT2D eigenvalue weighted by molar-refractivity contribution is 0.0941. The summed E-state index contributed by atoms with van der Waals surface area (Å²) in [4.78, 5) is 15.2. The number of aromatic nitrogens is 1. The topological polar surface area (TPSA) is 44.9 Å². The highest BCUT2D eigenvalue weighted by Crippen LogP contribution is 2.30. The molecular weight excluding hydrogens is 310 g/mol. The van der Waals surface area contributed by atoms with Gasteiger partial charge in [-0.3, -0.25) is 4.79 Å². The van der Waals surface area contributed by atoms with Crippen LogP contribution in [0.15, 0.2) is 48.7 Å². The van der Waals surface area contributed by atoms with Crippen LogP contribution in [0.3, 0.4) is 0 Å². The molecule has 3 nitrogen and oxygen atoms in total. The summed E-state index contributed by atoms with van der Waals surface area (Å²) in [7, 11) is 0. The Morgan fingerprint density at radius 2 is 1.92 bits per heavy atom. The number of amides is 1. The van der Waals surface area contributed by atoms with E-state index in [-0.39, 0.29) is 11.4 Å². The van der Waals surface area contributed by atoms with Crippen molar-refractivity contribution in [2.45, 2.75) is 19.3 Å². The van der Waals surface area contributed by atoms with Gasteiger partial charge < -0.3 is 10.3 Å². The van der Waals surface area contributed by atoms with Gasteiger partial charge in [-0.15, -0.1) is 0 Å². The Kier molecular flexibility index (Phi) is 4.09. The van der Waals surface area contributed by atoms with Crippen LogP contribution in [-0.2, 0) is 5.41 Å². The Morgan fingerprint density at radius 1 is 1.17 bits per heavy atom. The van der Waals surface area contributed by atoms with Crippen LogP contribution in [-0.4, -0.2) is 17.4 Å². The molecule has 1 heterocycles. The molecule has 5 heteroatoms. The highest BCUT2D eigenvalue weighted by molar-refractivity contribution is 5.94. The van der Waals surface area contributed by atoms with Gasteiger partial charge >= 0.3 is 0 Å². The number of rotatable bonds is 4. The van der Waals surface area contributed by atoms with E-state index in [1.807, 2.05) is 20.0 Å². The van der Waals surface area contributed by atoms with E-state index in [1.54, 1.807) is 18.2 Å². The van der Waals surface area contributed by atoms with E-state index in [0.717, 1.165) is 10.9 Å². The fraction of sp³-hybridized carbons (Fsp3) is 0.211. The van der Waals surface area contributed by atoms with E-state index in [9.17, 15) is 13.6 Å². The Morgan fingerprint density at radius 3 is 2.67 bits per heavy atom. The van der Waals surface area contributed by atoms with Crippen molar-refractivity contribution in [3.8, 4) is 0 Å². The van der Waals surface area contributed by atoms with Crippen molar-refractivity contribution in [3.05, 3.63) is 71.4 Å². The number of halogens is 2. The summed E-state index contributed by atoms with van der Waals surface area (Å²) >= 11 is 0. The van der Waals surface area contributed by atoms with Gasteiger partial charge in [-0.1, -0.05) is 26.0 Å². The molecular formula is C19H18F2N2O. The SMILES string of the molecule is CC(C)(CNC(=O)c1ccccc1F)c1c[nH]c2cc(F)ccc12. The van der Waals surface area contributed by atoms with Gasteiger partial charge in [0.25, 0.3) is 5.91 Å². The normalized spacial score (nSPS) is 11.7. The Balaban J connectivity index is 1.80. The predicted octanol–water partition coefficient (Wildman–Crippen LogP) is 4.15. The number of carbonyl (C=O) groups excluding carboxylic acids is 1. The fourth-order valence-corrected chi connectivity index (χ4v) is 2.80. The van der Waals surface area contributed by atoms with Crippen molar-refractivity contribution in [2.24, 2.45) is 0 Å². The van der Waals surface area contributed by atoms with Crippen LogP contribution in [0.25, 0.3) is 10.9 Å². The van der Waals surface area contributed by atoms with Crippen molar-refractivity contribution in [3.63, 3.8) is 0 Å². The first-order chi connectivity index (χ1) is 11.4. The molecule has 0 unspecified atom stereocenters. The van der Waals surface area contributed by atoms with Gasteiger partial charge in [-0.25, -0.2) is 8.78 Å². The molecule has 0 fully saturated rings. The minimum atomic E-state index is -0.546. The monoisotopic (exact) mass is 328 g/mol. The van der Waals surface area contributed by atoms with Crippen LogP contribution in [0.5, 0.6) is 0 Å². The zero-order valence-corrected chi connectivity index (χ0v) is 13.5. The summed E-state index contributed by atoms with van der Waals surface area (Å²) in [6.45, 7) is 4.27. The van der Waals surface area contributed by atoms with Gasteiger partial charge in [0.05, 0.1) is 5.56 Å². The third-order valence-corrected chi connectivity index (χ3v) is 4.18. The summed E-state index contributed by atoms with van der Waals surface area (Å²) in [5.41, 5.74) is 1.29. The number of carbonyl (C=O) groups is 1. The second-order valence-corrected chi connectivity index (χ2v) is 6.44. The molecule has 1 amide bonds. The third-order valence-electron chi connectivity index (χ3n) is 4.18. The maximum atomic E-state index is 13.7. The molecule has 0 radical (unpaired) electrons. The number of benzene rings is 2. The molecule has 0 aliphatic rings. The molecule has 0 spiro atoms. The number of aromatic amines is 1. The molecule has 24 heavy (non-hydrogen) atoms. The summed E-state index contributed by atoms with van der Waals surface area (Å²) in [6.07, 6.45) is 1.82. The van der Waals surface area contributed by atoms with Crippen molar-refractivity contribution in [1.82, 2.24) is 10.3 Å². The van der Waals surface area contributed by atoms with E-state index >= 15 is 0 Å². The fourth-order valence-electron chi connectivity index (χ4n) is 2.80. The molecule has 0 saturated carbocycles. The van der Waals surface area contributed by atoms with E-state index in [4.69, 9.17) is 0 Å². The number of fused-ring (bicyclic) bond motifs is 1. The summed E-state index contributed by atoms with van der Waals surface area (Å²) in [6, 6.07) is 10.4. The van der Waals surface area contributed by atoms with E-state index in [2.05, 4.69) is 10.3 Å². The lowest BCUT2D eigenvalue weighted by Crippen LogP contribution is -2.36. The Bertz CT molecular complexity index is 899. The average Bonchev–Trinajstić information content (AvgIpc) is 2.97.